The van der Waals surface area contributed by atoms with Crippen LogP contribution in [0.5, 0.6) is 5.75 Å². The van der Waals surface area contributed by atoms with Crippen LogP contribution in [-0.4, -0.2) is 55.3 Å². The number of H-pyrrole nitrogens is 2. The van der Waals surface area contributed by atoms with Gasteiger partial charge in [0, 0.05) is 37.7 Å². The number of nitrogens with zero attached hydrogens (tertiary/aromatic N) is 4. The summed E-state index contributed by atoms with van der Waals surface area (Å²) < 4.78 is 9.39. The van der Waals surface area contributed by atoms with Crippen molar-refractivity contribution in [2.24, 2.45) is 0 Å². The quantitative estimate of drug-likeness (QED) is 0.413. The molecule has 4 aromatic rings. The summed E-state index contributed by atoms with van der Waals surface area (Å²) in [5.41, 5.74) is 2.56. The number of ether oxygens (including phenoxy) is 1. The fraction of sp³-hybridized carbons (Fsp3) is 0.333. The number of hydrogen-bond donors (Lipinski definition) is 2. The number of rotatable bonds is 6. The second kappa shape index (κ2) is 9.30. The summed E-state index contributed by atoms with van der Waals surface area (Å²) in [5.74, 6) is 1.53. The van der Waals surface area contributed by atoms with Crippen molar-refractivity contribution in [1.82, 2.24) is 29.2 Å². The first-order chi connectivity index (χ1) is 16.5. The molecule has 1 aliphatic heterocycles. The number of piperidine rings is 1. The van der Waals surface area contributed by atoms with Crippen LogP contribution in [0.2, 0.25) is 0 Å². The van der Waals surface area contributed by atoms with E-state index in [-0.39, 0.29) is 17.6 Å². The zero-order valence-corrected chi connectivity index (χ0v) is 19.7. The number of nitrogens with one attached hydrogen (secondary N) is 2. The number of benzene rings is 2. The Bertz CT molecular complexity index is 1420. The van der Waals surface area contributed by atoms with Gasteiger partial charge in [-0.3, -0.25) is 19.0 Å². The number of methoxy groups -OCH3 is 1. The summed E-state index contributed by atoms with van der Waals surface area (Å²) in [6.07, 6.45) is 1.82. The zero-order chi connectivity index (χ0) is 23.7. The van der Waals surface area contributed by atoms with Gasteiger partial charge >= 0.3 is 5.69 Å². The summed E-state index contributed by atoms with van der Waals surface area (Å²) in [6, 6.07) is 15.4. The van der Waals surface area contributed by atoms with Crippen LogP contribution in [0, 0.1) is 4.77 Å². The minimum Gasteiger partial charge on any atom is -0.497 e. The molecule has 10 heteroatoms. The maximum absolute atomic E-state index is 13.0. The number of likely N-dealkylation sites (tertiary alicyclic amines) is 1. The lowest BCUT2D eigenvalue weighted by atomic mass is 10.0. The molecule has 3 heterocycles. The smallest absolute Gasteiger partial charge is 0.326 e. The standard InChI is InChI=1S/C24H26N6O3S/c1-33-18-8-6-16(7-9-18)22-26-27-24(34)29(22)15-12-21(31)28-13-10-17(11-14-28)30-20-5-3-2-4-19(20)25-23(30)32/h2-9,17H,10-15H2,1H3,(H,25,32)(H,27,34). The van der Waals surface area contributed by atoms with Crippen LogP contribution in [0.25, 0.3) is 22.4 Å². The van der Waals surface area contributed by atoms with E-state index in [4.69, 9.17) is 17.0 Å². The fourth-order valence-corrected chi connectivity index (χ4v) is 4.88. The van der Waals surface area contributed by atoms with Crippen molar-refractivity contribution < 1.29 is 9.53 Å². The normalized spacial score (nSPS) is 14.6. The fourth-order valence-electron chi connectivity index (χ4n) is 4.66. The highest BCUT2D eigenvalue weighted by Crippen LogP contribution is 2.26. The first-order valence-electron chi connectivity index (χ1n) is 11.3. The van der Waals surface area contributed by atoms with Gasteiger partial charge in [-0.1, -0.05) is 12.1 Å². The van der Waals surface area contributed by atoms with Gasteiger partial charge < -0.3 is 14.6 Å². The van der Waals surface area contributed by atoms with E-state index in [2.05, 4.69) is 15.2 Å². The third-order valence-corrected chi connectivity index (χ3v) is 6.77. The van der Waals surface area contributed by atoms with Crippen LogP contribution in [-0.2, 0) is 11.3 Å². The number of aromatic nitrogens is 5. The third-order valence-electron chi connectivity index (χ3n) is 6.46. The molecular weight excluding hydrogens is 452 g/mol. The number of hydrogen-bond acceptors (Lipinski definition) is 5. The van der Waals surface area contributed by atoms with Crippen LogP contribution < -0.4 is 10.4 Å². The monoisotopic (exact) mass is 478 g/mol. The lowest BCUT2D eigenvalue weighted by Gasteiger charge is -2.32. The number of amides is 1. The Hall–Kier alpha value is -3.66. The van der Waals surface area contributed by atoms with E-state index in [0.29, 0.717) is 36.7 Å². The molecule has 0 radical (unpaired) electrons. The first-order valence-corrected chi connectivity index (χ1v) is 11.7. The van der Waals surface area contributed by atoms with Gasteiger partial charge in [0.15, 0.2) is 10.6 Å². The molecule has 0 atom stereocenters. The molecule has 9 nitrogen and oxygen atoms in total. The van der Waals surface area contributed by atoms with Crippen LogP contribution in [0.3, 0.4) is 0 Å². The van der Waals surface area contributed by atoms with E-state index in [1.54, 1.807) is 7.11 Å². The molecule has 1 saturated heterocycles. The van der Waals surface area contributed by atoms with Crippen LogP contribution in [0.15, 0.2) is 53.3 Å². The molecule has 2 N–H and O–H groups in total. The second-order valence-corrected chi connectivity index (χ2v) is 8.80. The largest absolute Gasteiger partial charge is 0.497 e. The summed E-state index contributed by atoms with van der Waals surface area (Å²) in [7, 11) is 1.62. The van der Waals surface area contributed by atoms with Crippen molar-refractivity contribution >= 4 is 29.2 Å². The second-order valence-electron chi connectivity index (χ2n) is 8.41. The molecule has 176 valence electrons. The van der Waals surface area contributed by atoms with Gasteiger partial charge in [0.05, 0.1) is 18.1 Å². The Morgan fingerprint density at radius 3 is 2.62 bits per heavy atom. The van der Waals surface area contributed by atoms with Crippen molar-refractivity contribution in [2.75, 3.05) is 20.2 Å². The van der Waals surface area contributed by atoms with Gasteiger partial charge in [0.1, 0.15) is 5.75 Å². The minimum atomic E-state index is -0.0913. The van der Waals surface area contributed by atoms with Gasteiger partial charge in [0.25, 0.3) is 0 Å². The molecule has 34 heavy (non-hydrogen) atoms. The Morgan fingerprint density at radius 2 is 1.88 bits per heavy atom. The first kappa shape index (κ1) is 22.1. The maximum atomic E-state index is 13.0. The van der Waals surface area contributed by atoms with Crippen molar-refractivity contribution in [1.29, 1.82) is 0 Å². The molecule has 0 saturated carbocycles. The van der Waals surface area contributed by atoms with E-state index >= 15 is 0 Å². The van der Waals surface area contributed by atoms with E-state index < -0.39 is 0 Å². The average molecular weight is 479 g/mol. The summed E-state index contributed by atoms with van der Waals surface area (Å²) in [5, 5.41) is 7.18. The number of aromatic amines is 2. The molecule has 0 aliphatic carbocycles. The lowest BCUT2D eigenvalue weighted by Crippen LogP contribution is -2.40. The van der Waals surface area contributed by atoms with Crippen molar-refractivity contribution in [2.45, 2.75) is 31.8 Å². The molecule has 2 aromatic carbocycles. The van der Waals surface area contributed by atoms with Gasteiger partial charge in [0.2, 0.25) is 5.91 Å². The number of para-hydroxylation sites is 2. The SMILES string of the molecule is COc1ccc(-c2n[nH]c(=S)n2CCC(=O)N2CCC(n3c(=O)[nH]c4ccccc43)CC2)cc1. The Labute approximate surface area is 201 Å². The number of carbonyl (C=O) groups is 1. The van der Waals surface area contributed by atoms with E-state index in [1.807, 2.05) is 62.6 Å². The van der Waals surface area contributed by atoms with Gasteiger partial charge in [-0.2, -0.15) is 5.10 Å². The van der Waals surface area contributed by atoms with Gasteiger partial charge in [-0.05, 0) is 61.5 Å². The summed E-state index contributed by atoms with van der Waals surface area (Å²) >= 11 is 5.40. The Balaban J connectivity index is 1.23. The number of fused-ring (bicyclic) bond motifs is 1. The third kappa shape index (κ3) is 4.16. The highest BCUT2D eigenvalue weighted by atomic mass is 32.1. The zero-order valence-electron chi connectivity index (χ0n) is 18.9. The molecule has 1 amide bonds. The lowest BCUT2D eigenvalue weighted by molar-refractivity contribution is -0.132. The Kier molecular flexibility index (Phi) is 6.06. The molecule has 0 spiro atoms. The molecule has 0 unspecified atom stereocenters. The predicted molar refractivity (Wildman–Crippen MR) is 131 cm³/mol. The molecule has 1 fully saturated rings. The van der Waals surface area contributed by atoms with Crippen LogP contribution in [0.4, 0.5) is 0 Å². The molecular formula is C24H26N6O3S. The minimum absolute atomic E-state index is 0.0773. The van der Waals surface area contributed by atoms with Crippen molar-refractivity contribution in [3.63, 3.8) is 0 Å². The summed E-state index contributed by atoms with van der Waals surface area (Å²) in [6.45, 7) is 1.69. The van der Waals surface area contributed by atoms with E-state index in [0.717, 1.165) is 35.2 Å². The highest BCUT2D eigenvalue weighted by molar-refractivity contribution is 7.71. The molecule has 0 bridgehead atoms. The topological polar surface area (TPSA) is 101 Å². The number of imidazole rings is 1. The van der Waals surface area contributed by atoms with Gasteiger partial charge in [-0.15, -0.1) is 0 Å². The predicted octanol–water partition coefficient (Wildman–Crippen LogP) is 3.51. The molecule has 1 aliphatic rings. The van der Waals surface area contributed by atoms with Gasteiger partial charge in [-0.25, -0.2) is 4.79 Å². The molecule has 2 aromatic heterocycles. The van der Waals surface area contributed by atoms with Crippen molar-refractivity contribution in [3.8, 4) is 17.1 Å². The van der Waals surface area contributed by atoms with E-state index in [9.17, 15) is 9.59 Å². The summed E-state index contributed by atoms with van der Waals surface area (Å²) in [4.78, 5) is 30.3. The van der Waals surface area contributed by atoms with Crippen molar-refractivity contribution in [3.05, 3.63) is 63.8 Å². The average Bonchev–Trinajstić information content (AvgIpc) is 3.41. The molecule has 5 rings (SSSR count). The van der Waals surface area contributed by atoms with E-state index in [1.165, 1.54) is 0 Å². The highest BCUT2D eigenvalue weighted by Gasteiger charge is 2.26. The number of carbonyl (C=O) groups excluding carboxylic acids is 1. The Morgan fingerprint density at radius 1 is 1.15 bits per heavy atom. The maximum Gasteiger partial charge on any atom is 0.326 e. The van der Waals surface area contributed by atoms with Crippen LogP contribution in [0.1, 0.15) is 25.3 Å². The van der Waals surface area contributed by atoms with Crippen LogP contribution >= 0.6 is 12.2 Å².